The van der Waals surface area contributed by atoms with Gasteiger partial charge in [-0.3, -0.25) is 0 Å². The Morgan fingerprint density at radius 3 is 2.38 bits per heavy atom. The molecule has 1 saturated heterocycles. The van der Waals surface area contributed by atoms with Crippen LogP contribution in [-0.2, 0) is 0 Å². The van der Waals surface area contributed by atoms with E-state index in [0.717, 1.165) is 17.9 Å². The van der Waals surface area contributed by atoms with Gasteiger partial charge in [0.1, 0.15) is 0 Å². The van der Waals surface area contributed by atoms with Crippen molar-refractivity contribution in [1.82, 2.24) is 10.2 Å². The van der Waals surface area contributed by atoms with E-state index in [-0.39, 0.29) is 0 Å². The SMILES string of the molecule is CCCNC1C(CN2CCC(CCC)CC2)CCC1(C)C. The van der Waals surface area contributed by atoms with Gasteiger partial charge >= 0.3 is 0 Å². The normalized spacial score (nSPS) is 30.9. The van der Waals surface area contributed by atoms with Gasteiger partial charge < -0.3 is 10.2 Å². The first-order valence-electron chi connectivity index (χ1n) is 9.52. The Hall–Kier alpha value is -0.0800. The number of piperidine rings is 1. The molecule has 1 aliphatic carbocycles. The smallest absolute Gasteiger partial charge is 0.0159 e. The van der Waals surface area contributed by atoms with E-state index in [4.69, 9.17) is 0 Å². The lowest BCUT2D eigenvalue weighted by molar-refractivity contribution is 0.137. The van der Waals surface area contributed by atoms with Crippen LogP contribution in [0.3, 0.4) is 0 Å². The Morgan fingerprint density at radius 1 is 1.05 bits per heavy atom. The van der Waals surface area contributed by atoms with E-state index in [9.17, 15) is 0 Å². The summed E-state index contributed by atoms with van der Waals surface area (Å²) in [6.45, 7) is 14.8. The Labute approximate surface area is 133 Å². The highest BCUT2D eigenvalue weighted by molar-refractivity contribution is 4.97. The predicted octanol–water partition coefficient (Wildman–Crippen LogP) is 4.30. The van der Waals surface area contributed by atoms with E-state index in [1.165, 1.54) is 71.1 Å². The predicted molar refractivity (Wildman–Crippen MR) is 92.7 cm³/mol. The minimum Gasteiger partial charge on any atom is -0.313 e. The highest BCUT2D eigenvalue weighted by atomic mass is 15.1. The number of hydrogen-bond acceptors (Lipinski definition) is 2. The lowest BCUT2D eigenvalue weighted by Gasteiger charge is -2.37. The molecule has 2 atom stereocenters. The molecule has 0 radical (unpaired) electrons. The molecule has 2 heteroatoms. The summed E-state index contributed by atoms with van der Waals surface area (Å²) in [7, 11) is 0. The summed E-state index contributed by atoms with van der Waals surface area (Å²) in [5.41, 5.74) is 0.486. The number of likely N-dealkylation sites (tertiary alicyclic amines) is 1. The molecular formula is C19H38N2. The number of nitrogens with one attached hydrogen (secondary N) is 1. The standard InChI is InChI=1S/C19H38N2/c1-5-7-16-9-13-21(14-10-16)15-17-8-11-19(3,4)18(17)20-12-6-2/h16-18,20H,5-15H2,1-4H3. The van der Waals surface area contributed by atoms with E-state index < -0.39 is 0 Å². The van der Waals surface area contributed by atoms with Crippen molar-refractivity contribution in [3.63, 3.8) is 0 Å². The number of nitrogens with zero attached hydrogens (tertiary/aromatic N) is 1. The quantitative estimate of drug-likeness (QED) is 0.753. The van der Waals surface area contributed by atoms with Crippen molar-refractivity contribution in [3.05, 3.63) is 0 Å². The summed E-state index contributed by atoms with van der Waals surface area (Å²) >= 11 is 0. The van der Waals surface area contributed by atoms with E-state index in [2.05, 4.69) is 37.9 Å². The first-order valence-corrected chi connectivity index (χ1v) is 9.52. The molecule has 0 aromatic heterocycles. The third kappa shape index (κ3) is 4.69. The molecule has 0 aromatic carbocycles. The highest BCUT2D eigenvalue weighted by Crippen LogP contribution is 2.42. The summed E-state index contributed by atoms with van der Waals surface area (Å²) in [6.07, 6.45) is 9.76. The zero-order valence-electron chi connectivity index (χ0n) is 15.0. The van der Waals surface area contributed by atoms with Crippen LogP contribution >= 0.6 is 0 Å². The molecule has 1 N–H and O–H groups in total. The zero-order chi connectivity index (χ0) is 15.3. The fourth-order valence-electron chi connectivity index (χ4n) is 4.65. The van der Waals surface area contributed by atoms with Crippen molar-refractivity contribution in [2.24, 2.45) is 17.3 Å². The molecule has 2 fully saturated rings. The van der Waals surface area contributed by atoms with Crippen LogP contribution in [0.2, 0.25) is 0 Å². The topological polar surface area (TPSA) is 15.3 Å². The van der Waals surface area contributed by atoms with Crippen LogP contribution in [0.25, 0.3) is 0 Å². The van der Waals surface area contributed by atoms with Gasteiger partial charge in [0, 0.05) is 12.6 Å². The van der Waals surface area contributed by atoms with Crippen molar-refractivity contribution >= 4 is 0 Å². The fourth-order valence-corrected chi connectivity index (χ4v) is 4.65. The van der Waals surface area contributed by atoms with E-state index in [0.29, 0.717) is 5.41 Å². The molecule has 21 heavy (non-hydrogen) atoms. The lowest BCUT2D eigenvalue weighted by atomic mass is 9.84. The monoisotopic (exact) mass is 294 g/mol. The van der Waals surface area contributed by atoms with Gasteiger partial charge in [-0.15, -0.1) is 0 Å². The van der Waals surface area contributed by atoms with Crippen molar-refractivity contribution < 1.29 is 0 Å². The molecule has 1 heterocycles. The molecule has 1 saturated carbocycles. The van der Waals surface area contributed by atoms with E-state index >= 15 is 0 Å². The van der Waals surface area contributed by atoms with Crippen LogP contribution < -0.4 is 5.32 Å². The van der Waals surface area contributed by atoms with Gasteiger partial charge in [-0.2, -0.15) is 0 Å². The maximum atomic E-state index is 3.86. The minimum atomic E-state index is 0.486. The molecule has 2 rings (SSSR count). The molecule has 2 aliphatic rings. The summed E-state index contributed by atoms with van der Waals surface area (Å²) in [6, 6.07) is 0.728. The minimum absolute atomic E-state index is 0.486. The average Bonchev–Trinajstić information content (AvgIpc) is 2.74. The molecule has 2 unspecified atom stereocenters. The fraction of sp³-hybridized carbons (Fsp3) is 1.00. The average molecular weight is 295 g/mol. The zero-order valence-corrected chi connectivity index (χ0v) is 15.0. The second kappa shape index (κ2) is 7.97. The number of rotatable bonds is 7. The van der Waals surface area contributed by atoms with Crippen LogP contribution in [0.15, 0.2) is 0 Å². The Kier molecular flexibility index (Phi) is 6.55. The molecule has 2 nitrogen and oxygen atoms in total. The summed E-state index contributed by atoms with van der Waals surface area (Å²) in [4.78, 5) is 2.76. The van der Waals surface area contributed by atoms with Crippen LogP contribution in [-0.4, -0.2) is 37.1 Å². The molecule has 0 spiro atoms. The first-order chi connectivity index (χ1) is 10.1. The molecular weight excluding hydrogens is 256 g/mol. The van der Waals surface area contributed by atoms with Crippen LogP contribution in [0.5, 0.6) is 0 Å². The largest absolute Gasteiger partial charge is 0.313 e. The van der Waals surface area contributed by atoms with E-state index in [1.54, 1.807) is 0 Å². The van der Waals surface area contributed by atoms with Gasteiger partial charge in [-0.1, -0.05) is 40.5 Å². The van der Waals surface area contributed by atoms with Gasteiger partial charge in [-0.25, -0.2) is 0 Å². The Balaban J connectivity index is 1.81. The van der Waals surface area contributed by atoms with Crippen LogP contribution in [0.4, 0.5) is 0 Å². The van der Waals surface area contributed by atoms with Crippen molar-refractivity contribution in [2.45, 2.75) is 78.7 Å². The number of hydrogen-bond donors (Lipinski definition) is 1. The summed E-state index contributed by atoms with van der Waals surface area (Å²) in [5.74, 6) is 1.88. The Morgan fingerprint density at radius 2 is 1.76 bits per heavy atom. The third-order valence-electron chi connectivity index (χ3n) is 5.98. The van der Waals surface area contributed by atoms with Crippen molar-refractivity contribution in [3.8, 4) is 0 Å². The Bertz CT molecular complexity index is 292. The second-order valence-corrected chi connectivity index (χ2v) is 8.25. The second-order valence-electron chi connectivity index (χ2n) is 8.25. The molecule has 124 valence electrons. The summed E-state index contributed by atoms with van der Waals surface area (Å²) < 4.78 is 0. The third-order valence-corrected chi connectivity index (χ3v) is 5.98. The first kappa shape index (κ1) is 17.3. The van der Waals surface area contributed by atoms with Gasteiger partial charge in [0.15, 0.2) is 0 Å². The maximum Gasteiger partial charge on any atom is 0.0159 e. The van der Waals surface area contributed by atoms with Gasteiger partial charge in [-0.05, 0) is 69.0 Å². The molecule has 0 amide bonds. The van der Waals surface area contributed by atoms with Crippen molar-refractivity contribution in [1.29, 1.82) is 0 Å². The van der Waals surface area contributed by atoms with Crippen LogP contribution in [0, 0.1) is 17.3 Å². The highest BCUT2D eigenvalue weighted by Gasteiger charge is 2.42. The molecule has 0 aromatic rings. The van der Waals surface area contributed by atoms with E-state index in [1.807, 2.05) is 0 Å². The van der Waals surface area contributed by atoms with Gasteiger partial charge in [0.25, 0.3) is 0 Å². The molecule has 1 aliphatic heterocycles. The molecule has 0 bridgehead atoms. The van der Waals surface area contributed by atoms with Gasteiger partial charge in [0.05, 0.1) is 0 Å². The maximum absolute atomic E-state index is 3.86. The summed E-state index contributed by atoms with van der Waals surface area (Å²) in [5, 5.41) is 3.86. The van der Waals surface area contributed by atoms with Crippen LogP contribution in [0.1, 0.15) is 72.6 Å². The van der Waals surface area contributed by atoms with Gasteiger partial charge in [0.2, 0.25) is 0 Å². The lowest BCUT2D eigenvalue weighted by Crippen LogP contribution is -2.47. The van der Waals surface area contributed by atoms with Crippen molar-refractivity contribution in [2.75, 3.05) is 26.2 Å².